The van der Waals surface area contributed by atoms with Gasteiger partial charge in [0.2, 0.25) is 0 Å². The van der Waals surface area contributed by atoms with Gasteiger partial charge in [-0.05, 0) is 30.9 Å². The first-order valence-electron chi connectivity index (χ1n) is 7.35. The Kier molecular flexibility index (Phi) is 3.64. The number of carbonyl (C=O) groups is 1. The molecule has 1 aliphatic rings. The van der Waals surface area contributed by atoms with Crippen LogP contribution in [0.2, 0.25) is 0 Å². The van der Waals surface area contributed by atoms with Crippen molar-refractivity contribution in [1.82, 2.24) is 14.7 Å². The summed E-state index contributed by atoms with van der Waals surface area (Å²) in [7, 11) is 0. The lowest BCUT2D eigenvalue weighted by atomic mass is 10.00. The predicted molar refractivity (Wildman–Crippen MR) is 82.3 cm³/mol. The van der Waals surface area contributed by atoms with Gasteiger partial charge in [-0.3, -0.25) is 4.79 Å². The average Bonchev–Trinajstić information content (AvgIpc) is 2.89. The first-order chi connectivity index (χ1) is 10.1. The molecule has 1 aromatic carbocycles. The summed E-state index contributed by atoms with van der Waals surface area (Å²) in [5.74, 6) is 1.01. The molecular formula is C16H20N4O. The van der Waals surface area contributed by atoms with Crippen molar-refractivity contribution >= 4 is 11.7 Å². The monoisotopic (exact) mass is 284 g/mol. The summed E-state index contributed by atoms with van der Waals surface area (Å²) in [6.07, 6.45) is 2.24. The molecular weight excluding hydrogens is 264 g/mol. The third kappa shape index (κ3) is 2.77. The lowest BCUT2D eigenvalue weighted by molar-refractivity contribution is 0.0676. The highest BCUT2D eigenvalue weighted by molar-refractivity contribution is 5.93. The number of nitrogens with two attached hydrogens (primary N) is 1. The van der Waals surface area contributed by atoms with Gasteiger partial charge in [0.25, 0.3) is 5.91 Å². The van der Waals surface area contributed by atoms with Crippen LogP contribution in [-0.2, 0) is 0 Å². The Bertz CT molecular complexity index is 635. The maximum absolute atomic E-state index is 12.5. The molecule has 1 aliphatic heterocycles. The van der Waals surface area contributed by atoms with Crippen LogP contribution < -0.4 is 5.73 Å². The van der Waals surface area contributed by atoms with Crippen LogP contribution in [0.25, 0.3) is 5.69 Å². The van der Waals surface area contributed by atoms with Crippen molar-refractivity contribution < 1.29 is 4.79 Å². The van der Waals surface area contributed by atoms with E-state index in [1.54, 1.807) is 10.7 Å². The van der Waals surface area contributed by atoms with Crippen molar-refractivity contribution in [3.8, 4) is 5.69 Å². The van der Waals surface area contributed by atoms with E-state index in [0.717, 1.165) is 25.2 Å². The second kappa shape index (κ2) is 5.60. The van der Waals surface area contributed by atoms with Crippen molar-refractivity contribution in [2.75, 3.05) is 18.8 Å². The minimum Gasteiger partial charge on any atom is -0.384 e. The number of hydrogen-bond donors (Lipinski definition) is 1. The molecule has 5 heteroatoms. The fourth-order valence-electron chi connectivity index (χ4n) is 2.81. The second-order valence-electron chi connectivity index (χ2n) is 5.70. The summed E-state index contributed by atoms with van der Waals surface area (Å²) >= 11 is 0. The zero-order valence-corrected chi connectivity index (χ0v) is 12.2. The highest BCUT2D eigenvalue weighted by atomic mass is 16.2. The normalized spacial score (nSPS) is 18.7. The van der Waals surface area contributed by atoms with Crippen LogP contribution in [0.15, 0.2) is 36.4 Å². The maximum atomic E-state index is 12.5. The van der Waals surface area contributed by atoms with E-state index in [0.29, 0.717) is 17.4 Å². The number of nitrogens with zero attached hydrogens (tertiary/aromatic N) is 3. The molecule has 1 fully saturated rings. The van der Waals surface area contributed by atoms with E-state index in [9.17, 15) is 4.79 Å². The Balaban J connectivity index is 1.85. The van der Waals surface area contributed by atoms with E-state index >= 15 is 0 Å². The Labute approximate surface area is 124 Å². The van der Waals surface area contributed by atoms with Gasteiger partial charge < -0.3 is 10.6 Å². The number of piperidine rings is 1. The van der Waals surface area contributed by atoms with E-state index in [2.05, 4.69) is 12.0 Å². The smallest absolute Gasteiger partial charge is 0.274 e. The molecule has 21 heavy (non-hydrogen) atoms. The third-order valence-corrected chi connectivity index (χ3v) is 3.90. The first-order valence-corrected chi connectivity index (χ1v) is 7.35. The van der Waals surface area contributed by atoms with Crippen molar-refractivity contribution in [3.63, 3.8) is 0 Å². The molecule has 0 spiro atoms. The Hall–Kier alpha value is -2.30. The zero-order chi connectivity index (χ0) is 14.8. The summed E-state index contributed by atoms with van der Waals surface area (Å²) < 4.78 is 1.61. The highest BCUT2D eigenvalue weighted by Crippen LogP contribution is 2.20. The molecule has 1 unspecified atom stereocenters. The maximum Gasteiger partial charge on any atom is 0.274 e. The number of carbonyl (C=O) groups excluding carboxylic acids is 1. The summed E-state index contributed by atoms with van der Waals surface area (Å²) in [6.45, 7) is 3.79. The molecule has 1 atom stereocenters. The molecule has 0 saturated carbocycles. The number of rotatable bonds is 2. The minimum atomic E-state index is -0.0251. The average molecular weight is 284 g/mol. The zero-order valence-electron chi connectivity index (χ0n) is 12.2. The van der Waals surface area contributed by atoms with Crippen molar-refractivity contribution in [1.29, 1.82) is 0 Å². The number of amides is 1. The number of hydrogen-bond acceptors (Lipinski definition) is 3. The number of para-hydroxylation sites is 1. The van der Waals surface area contributed by atoms with E-state index in [4.69, 9.17) is 5.73 Å². The second-order valence-corrected chi connectivity index (χ2v) is 5.70. The largest absolute Gasteiger partial charge is 0.384 e. The molecule has 0 radical (unpaired) electrons. The fourth-order valence-corrected chi connectivity index (χ4v) is 2.81. The molecule has 2 aromatic rings. The first kappa shape index (κ1) is 13.7. The van der Waals surface area contributed by atoms with Crippen LogP contribution in [0.5, 0.6) is 0 Å². The molecule has 1 amide bonds. The molecule has 3 rings (SSSR count). The Morgan fingerprint density at radius 1 is 1.33 bits per heavy atom. The van der Waals surface area contributed by atoms with Gasteiger partial charge in [0.05, 0.1) is 5.69 Å². The van der Waals surface area contributed by atoms with Gasteiger partial charge in [-0.1, -0.05) is 25.1 Å². The highest BCUT2D eigenvalue weighted by Gasteiger charge is 2.24. The van der Waals surface area contributed by atoms with Gasteiger partial charge in [0.1, 0.15) is 5.82 Å². The number of nitrogen functional groups attached to an aromatic ring is 1. The standard InChI is InChI=1S/C16H20N4O/c1-12-6-5-9-19(11-12)16(21)14-10-15(17)20(18-14)13-7-3-2-4-8-13/h2-4,7-8,10,12H,5-6,9,11,17H2,1H3. The lowest BCUT2D eigenvalue weighted by Crippen LogP contribution is -2.39. The quantitative estimate of drug-likeness (QED) is 0.920. The molecule has 0 aliphatic carbocycles. The van der Waals surface area contributed by atoms with Crippen molar-refractivity contribution in [3.05, 3.63) is 42.1 Å². The molecule has 5 nitrogen and oxygen atoms in total. The van der Waals surface area contributed by atoms with Crippen molar-refractivity contribution in [2.24, 2.45) is 5.92 Å². The van der Waals surface area contributed by atoms with E-state index in [-0.39, 0.29) is 5.91 Å². The van der Waals surface area contributed by atoms with Crippen LogP contribution in [0.1, 0.15) is 30.3 Å². The van der Waals surface area contributed by atoms with Crippen LogP contribution in [0.4, 0.5) is 5.82 Å². The third-order valence-electron chi connectivity index (χ3n) is 3.90. The lowest BCUT2D eigenvalue weighted by Gasteiger charge is -2.30. The van der Waals surface area contributed by atoms with Gasteiger partial charge in [-0.15, -0.1) is 0 Å². The number of anilines is 1. The van der Waals surface area contributed by atoms with E-state index in [1.165, 1.54) is 6.42 Å². The predicted octanol–water partition coefficient (Wildman–Crippen LogP) is 2.33. The number of benzene rings is 1. The van der Waals surface area contributed by atoms with Gasteiger partial charge in [0, 0.05) is 19.2 Å². The molecule has 2 N–H and O–H groups in total. The number of likely N-dealkylation sites (tertiary alicyclic amines) is 1. The fraction of sp³-hybridized carbons (Fsp3) is 0.375. The molecule has 1 aromatic heterocycles. The van der Waals surface area contributed by atoms with Crippen LogP contribution in [0, 0.1) is 5.92 Å². The Morgan fingerprint density at radius 3 is 2.81 bits per heavy atom. The summed E-state index contributed by atoms with van der Waals surface area (Å²) in [5.41, 5.74) is 7.28. The van der Waals surface area contributed by atoms with Gasteiger partial charge in [0.15, 0.2) is 5.69 Å². The van der Waals surface area contributed by atoms with Crippen LogP contribution in [-0.4, -0.2) is 33.7 Å². The Morgan fingerprint density at radius 2 is 2.10 bits per heavy atom. The summed E-state index contributed by atoms with van der Waals surface area (Å²) in [5, 5.41) is 4.38. The summed E-state index contributed by atoms with van der Waals surface area (Å²) in [4.78, 5) is 14.4. The SMILES string of the molecule is CC1CCCN(C(=O)c2cc(N)n(-c3ccccc3)n2)C1. The van der Waals surface area contributed by atoms with Gasteiger partial charge in [-0.25, -0.2) is 4.68 Å². The van der Waals surface area contributed by atoms with Crippen molar-refractivity contribution in [2.45, 2.75) is 19.8 Å². The molecule has 0 bridgehead atoms. The van der Waals surface area contributed by atoms with Crippen LogP contribution >= 0.6 is 0 Å². The van der Waals surface area contributed by atoms with Crippen LogP contribution in [0.3, 0.4) is 0 Å². The summed E-state index contributed by atoms with van der Waals surface area (Å²) in [6, 6.07) is 11.3. The molecule has 110 valence electrons. The van der Waals surface area contributed by atoms with Gasteiger partial charge in [-0.2, -0.15) is 5.10 Å². The number of aromatic nitrogens is 2. The topological polar surface area (TPSA) is 64.2 Å². The molecule has 1 saturated heterocycles. The molecule has 2 heterocycles. The minimum absolute atomic E-state index is 0.0251. The van der Waals surface area contributed by atoms with Gasteiger partial charge >= 0.3 is 0 Å². The van der Waals surface area contributed by atoms with E-state index in [1.807, 2.05) is 35.2 Å². The van der Waals surface area contributed by atoms with E-state index < -0.39 is 0 Å².